The van der Waals surface area contributed by atoms with E-state index in [1.165, 1.54) is 6.04 Å². The summed E-state index contributed by atoms with van der Waals surface area (Å²) >= 11 is 6.22. The molecule has 1 saturated heterocycles. The molecule has 0 aromatic rings. The SMILES string of the molecule is CC1(Cl)CC[Si](C)(C)[Si](C)(C)O1. The number of rotatable bonds is 0. The Morgan fingerprint density at radius 2 is 1.75 bits per heavy atom. The van der Waals surface area contributed by atoms with Crippen LogP contribution < -0.4 is 0 Å². The van der Waals surface area contributed by atoms with Crippen LogP contribution in [0.5, 0.6) is 0 Å². The van der Waals surface area contributed by atoms with Gasteiger partial charge in [0.25, 0.3) is 0 Å². The highest BCUT2D eigenvalue weighted by Gasteiger charge is 2.50. The monoisotopic (exact) mass is 222 g/mol. The third-order valence-corrected chi connectivity index (χ3v) is 20.2. The summed E-state index contributed by atoms with van der Waals surface area (Å²) in [6, 6.07) is 1.33. The number of hydrogen-bond acceptors (Lipinski definition) is 1. The summed E-state index contributed by atoms with van der Waals surface area (Å²) in [7, 11) is -2.52. The van der Waals surface area contributed by atoms with Gasteiger partial charge in [-0.3, -0.25) is 0 Å². The maximum Gasteiger partial charge on any atom is 0.176 e. The van der Waals surface area contributed by atoms with Crippen LogP contribution in [-0.2, 0) is 4.43 Å². The first kappa shape index (κ1) is 10.8. The van der Waals surface area contributed by atoms with Crippen molar-refractivity contribution in [3.8, 4) is 0 Å². The molecule has 12 heavy (non-hydrogen) atoms. The average Bonchev–Trinajstić information content (AvgIpc) is 1.79. The van der Waals surface area contributed by atoms with E-state index >= 15 is 0 Å². The van der Waals surface area contributed by atoms with E-state index in [4.69, 9.17) is 16.0 Å². The highest BCUT2D eigenvalue weighted by Crippen LogP contribution is 2.40. The highest BCUT2D eigenvalue weighted by molar-refractivity contribution is 7.38. The Labute approximate surface area is 82.4 Å². The minimum absolute atomic E-state index is 0.363. The summed E-state index contributed by atoms with van der Waals surface area (Å²) in [5, 5.41) is -0.363. The maximum atomic E-state index is 6.22. The van der Waals surface area contributed by atoms with Crippen LogP contribution in [0.15, 0.2) is 0 Å². The normalized spacial score (nSPS) is 39.5. The second-order valence-corrected chi connectivity index (χ2v) is 21.1. The van der Waals surface area contributed by atoms with Crippen molar-refractivity contribution in [2.24, 2.45) is 0 Å². The molecule has 4 heteroatoms. The Morgan fingerprint density at radius 1 is 1.25 bits per heavy atom. The summed E-state index contributed by atoms with van der Waals surface area (Å²) in [5.74, 6) is 0. The van der Waals surface area contributed by atoms with Gasteiger partial charge in [-0.25, -0.2) is 0 Å². The van der Waals surface area contributed by atoms with E-state index in [2.05, 4.69) is 26.2 Å². The van der Waals surface area contributed by atoms with E-state index in [0.717, 1.165) is 6.42 Å². The van der Waals surface area contributed by atoms with Crippen LogP contribution in [0.25, 0.3) is 0 Å². The quantitative estimate of drug-likeness (QED) is 0.451. The first-order valence-corrected chi connectivity index (χ1v) is 12.0. The van der Waals surface area contributed by atoms with Crippen LogP contribution in [0, 0.1) is 0 Å². The van der Waals surface area contributed by atoms with Gasteiger partial charge in [0.05, 0.1) is 7.59 Å². The molecule has 72 valence electrons. The van der Waals surface area contributed by atoms with E-state index < -0.39 is 15.4 Å². The molecule has 1 nitrogen and oxygen atoms in total. The van der Waals surface area contributed by atoms with Crippen molar-refractivity contribution in [3.63, 3.8) is 0 Å². The first-order valence-electron chi connectivity index (χ1n) is 4.55. The molecular weight excluding hydrogens is 204 g/mol. The predicted octanol–water partition coefficient (Wildman–Crippen LogP) is 3.35. The Bertz CT molecular complexity index is 189. The molecule has 0 radical (unpaired) electrons. The van der Waals surface area contributed by atoms with Gasteiger partial charge in [-0.05, 0) is 26.4 Å². The summed E-state index contributed by atoms with van der Waals surface area (Å²) in [5.41, 5.74) is 0. The Kier molecular flexibility index (Phi) is 2.54. The van der Waals surface area contributed by atoms with E-state index in [9.17, 15) is 0 Å². The predicted molar refractivity (Wildman–Crippen MR) is 59.7 cm³/mol. The average molecular weight is 223 g/mol. The molecule has 0 aliphatic carbocycles. The third-order valence-electron chi connectivity index (χ3n) is 3.29. The fourth-order valence-electron chi connectivity index (χ4n) is 1.56. The lowest BCUT2D eigenvalue weighted by molar-refractivity contribution is 0.161. The molecule has 1 heterocycles. The van der Waals surface area contributed by atoms with Gasteiger partial charge in [0, 0.05) is 0 Å². The minimum Gasteiger partial charge on any atom is -0.402 e. The molecule has 0 aromatic carbocycles. The molecule has 0 spiro atoms. The van der Waals surface area contributed by atoms with E-state index in [-0.39, 0.29) is 5.06 Å². The molecule has 1 unspecified atom stereocenters. The molecule has 0 N–H and O–H groups in total. The van der Waals surface area contributed by atoms with Crippen LogP contribution >= 0.6 is 11.6 Å². The van der Waals surface area contributed by atoms with E-state index in [0.29, 0.717) is 0 Å². The highest BCUT2D eigenvalue weighted by atomic mass is 35.5. The van der Waals surface area contributed by atoms with Gasteiger partial charge >= 0.3 is 0 Å². The largest absolute Gasteiger partial charge is 0.402 e. The lowest BCUT2D eigenvalue weighted by atomic mass is 10.3. The Hall–Kier alpha value is 0.684. The molecule has 1 fully saturated rings. The van der Waals surface area contributed by atoms with Gasteiger partial charge in [-0.15, -0.1) is 0 Å². The van der Waals surface area contributed by atoms with Crippen molar-refractivity contribution in [1.82, 2.24) is 0 Å². The summed E-state index contributed by atoms with van der Waals surface area (Å²) in [6.45, 7) is 11.5. The standard InChI is InChI=1S/C8H19ClOSi2/c1-8(9)6-7-11(2,3)12(4,5)10-8/h6-7H2,1-5H3. The lowest BCUT2D eigenvalue weighted by Gasteiger charge is -2.48. The van der Waals surface area contributed by atoms with Crippen molar-refractivity contribution in [2.45, 2.75) is 50.6 Å². The second-order valence-electron chi connectivity index (χ2n) is 5.10. The molecule has 1 aliphatic rings. The summed E-state index contributed by atoms with van der Waals surface area (Å²) in [6.07, 6.45) is 1.03. The zero-order chi connectivity index (χ0) is 9.62. The second kappa shape index (κ2) is 2.84. The minimum atomic E-state index is -1.45. The van der Waals surface area contributed by atoms with E-state index in [1.807, 2.05) is 6.92 Å². The van der Waals surface area contributed by atoms with Gasteiger partial charge in [-0.2, -0.15) is 0 Å². The molecule has 0 bridgehead atoms. The van der Waals surface area contributed by atoms with Crippen molar-refractivity contribution in [3.05, 3.63) is 0 Å². The molecular formula is C8H19ClOSi2. The number of halogens is 1. The van der Waals surface area contributed by atoms with Crippen LogP contribution in [0.1, 0.15) is 13.3 Å². The van der Waals surface area contributed by atoms with Crippen LogP contribution in [0.3, 0.4) is 0 Å². The fourth-order valence-corrected chi connectivity index (χ4v) is 9.42. The summed E-state index contributed by atoms with van der Waals surface area (Å²) < 4.78 is 6.04. The topological polar surface area (TPSA) is 9.23 Å². The maximum absolute atomic E-state index is 6.22. The zero-order valence-electron chi connectivity index (χ0n) is 8.70. The molecule has 0 amide bonds. The molecule has 0 saturated carbocycles. The molecule has 0 aromatic heterocycles. The van der Waals surface area contributed by atoms with Crippen molar-refractivity contribution >= 4 is 27.0 Å². The smallest absolute Gasteiger partial charge is 0.176 e. The van der Waals surface area contributed by atoms with Crippen molar-refractivity contribution < 1.29 is 4.43 Å². The lowest BCUT2D eigenvalue weighted by Crippen LogP contribution is -2.63. The van der Waals surface area contributed by atoms with Gasteiger partial charge in [0.1, 0.15) is 5.06 Å². The van der Waals surface area contributed by atoms with Crippen LogP contribution in [-0.4, -0.2) is 20.5 Å². The molecule has 1 rings (SSSR count). The van der Waals surface area contributed by atoms with Crippen LogP contribution in [0.2, 0.25) is 32.2 Å². The Morgan fingerprint density at radius 3 is 2.08 bits per heavy atom. The number of hydrogen-bond donors (Lipinski definition) is 0. The zero-order valence-corrected chi connectivity index (χ0v) is 11.5. The third kappa shape index (κ3) is 1.95. The summed E-state index contributed by atoms with van der Waals surface area (Å²) in [4.78, 5) is 0. The van der Waals surface area contributed by atoms with Gasteiger partial charge in [0.2, 0.25) is 0 Å². The van der Waals surface area contributed by atoms with Gasteiger partial charge in [0.15, 0.2) is 7.83 Å². The fraction of sp³-hybridized carbons (Fsp3) is 1.00. The van der Waals surface area contributed by atoms with Crippen LogP contribution in [0.4, 0.5) is 0 Å². The van der Waals surface area contributed by atoms with Gasteiger partial charge in [-0.1, -0.05) is 30.7 Å². The first-order chi connectivity index (χ1) is 5.16. The van der Waals surface area contributed by atoms with Crippen molar-refractivity contribution in [1.29, 1.82) is 0 Å². The number of alkyl halides is 1. The molecule has 1 aliphatic heterocycles. The molecule has 1 atom stereocenters. The van der Waals surface area contributed by atoms with E-state index in [1.54, 1.807) is 0 Å². The van der Waals surface area contributed by atoms with Gasteiger partial charge < -0.3 is 4.43 Å². The Balaban J connectivity index is 2.82. The van der Waals surface area contributed by atoms with Crippen molar-refractivity contribution in [2.75, 3.05) is 0 Å².